The average molecular weight is 287 g/mol. The van der Waals surface area contributed by atoms with E-state index in [4.69, 9.17) is 5.84 Å². The number of fused-ring (bicyclic) bond motifs is 2. The second-order valence-corrected chi connectivity index (χ2v) is 4.91. The van der Waals surface area contributed by atoms with Gasteiger partial charge in [0, 0.05) is 11.8 Å². The van der Waals surface area contributed by atoms with Gasteiger partial charge < -0.3 is 11.2 Å². The Labute approximate surface area is 120 Å². The van der Waals surface area contributed by atoms with Gasteiger partial charge in [0.05, 0.1) is 17.9 Å². The molecule has 3 rings (SSSR count). The monoisotopic (exact) mass is 287 g/mol. The van der Waals surface area contributed by atoms with Crippen molar-refractivity contribution in [3.8, 4) is 0 Å². The van der Waals surface area contributed by atoms with Crippen molar-refractivity contribution in [1.82, 2.24) is 9.97 Å². The normalized spacial score (nSPS) is 13.6. The molecule has 0 spiro atoms. The summed E-state index contributed by atoms with van der Waals surface area (Å²) < 4.78 is 0. The lowest BCUT2D eigenvalue weighted by atomic mass is 10.2. The largest absolute Gasteiger partial charge is 0.338 e. The Morgan fingerprint density at radius 3 is 3.05 bits per heavy atom. The van der Waals surface area contributed by atoms with E-state index in [2.05, 4.69) is 25.7 Å². The van der Waals surface area contributed by atoms with E-state index in [9.17, 15) is 0 Å². The summed E-state index contributed by atoms with van der Waals surface area (Å²) in [6.07, 6.45) is 3.74. The predicted molar refractivity (Wildman–Crippen MR) is 78.8 cm³/mol. The fraction of sp³-hybridized carbons (Fsp3) is 0.167. The Bertz CT molecular complexity index is 658. The van der Waals surface area contributed by atoms with Gasteiger partial charge in [0.1, 0.15) is 5.82 Å². The molecule has 0 unspecified atom stereocenters. The van der Waals surface area contributed by atoms with Gasteiger partial charge in [-0.25, -0.2) is 15.0 Å². The van der Waals surface area contributed by atoms with Crippen LogP contribution in [0, 0.1) is 0 Å². The standard InChI is InChI=1S/C12H13N7S/c1-20-12-14-6-8-7-19(18-17-13)10-5-3-2-4-9(10)15-11(8)16-12/h2-6H,7H2,1H3,(H2,13,18)(H,14,15,16). The number of anilines is 3. The lowest BCUT2D eigenvalue weighted by Gasteiger charge is -2.16. The van der Waals surface area contributed by atoms with Crippen molar-refractivity contribution in [2.45, 2.75) is 11.7 Å². The highest BCUT2D eigenvalue weighted by Gasteiger charge is 2.20. The van der Waals surface area contributed by atoms with E-state index in [1.165, 1.54) is 11.8 Å². The van der Waals surface area contributed by atoms with Gasteiger partial charge in [0.2, 0.25) is 0 Å². The van der Waals surface area contributed by atoms with Gasteiger partial charge in [-0.3, -0.25) is 0 Å². The molecule has 0 aliphatic carbocycles. The maximum absolute atomic E-state index is 5.19. The van der Waals surface area contributed by atoms with Gasteiger partial charge in [-0.1, -0.05) is 29.1 Å². The summed E-state index contributed by atoms with van der Waals surface area (Å²) in [5, 5.41) is 13.1. The Kier molecular flexibility index (Phi) is 3.38. The SMILES string of the molecule is CSc1ncc2c(n1)Nc1ccccc1N(N=NN)C2. The zero-order chi connectivity index (χ0) is 13.9. The van der Waals surface area contributed by atoms with E-state index in [1.54, 1.807) is 11.2 Å². The van der Waals surface area contributed by atoms with Crippen LogP contribution in [0.15, 0.2) is 46.1 Å². The smallest absolute Gasteiger partial charge is 0.189 e. The van der Waals surface area contributed by atoms with Crippen molar-refractivity contribution in [3.63, 3.8) is 0 Å². The predicted octanol–water partition coefficient (Wildman–Crippen LogP) is 2.50. The molecule has 0 bridgehead atoms. The number of hydrogen-bond acceptors (Lipinski definition) is 6. The summed E-state index contributed by atoms with van der Waals surface area (Å²) in [6, 6.07) is 7.80. The molecule has 1 aromatic heterocycles. The van der Waals surface area contributed by atoms with Gasteiger partial charge in [-0.15, -0.1) is 0 Å². The molecule has 0 amide bonds. The highest BCUT2D eigenvalue weighted by molar-refractivity contribution is 7.98. The average Bonchev–Trinajstić information content (AvgIpc) is 2.63. The van der Waals surface area contributed by atoms with Crippen LogP contribution in [0.25, 0.3) is 0 Å². The van der Waals surface area contributed by atoms with Crippen molar-refractivity contribution in [2.75, 3.05) is 16.6 Å². The topological polar surface area (TPSA) is 91.8 Å². The molecule has 1 aliphatic heterocycles. The van der Waals surface area contributed by atoms with E-state index in [0.29, 0.717) is 6.54 Å². The van der Waals surface area contributed by atoms with Crippen LogP contribution < -0.4 is 16.2 Å². The third-order valence-electron chi connectivity index (χ3n) is 2.94. The lowest BCUT2D eigenvalue weighted by molar-refractivity contribution is 0.772. The Morgan fingerprint density at radius 1 is 1.40 bits per heavy atom. The Hall–Kier alpha value is -2.35. The molecular formula is C12H13N7S. The number of rotatable bonds is 2. The van der Waals surface area contributed by atoms with E-state index in [1.807, 2.05) is 30.5 Å². The molecule has 0 atom stereocenters. The minimum Gasteiger partial charge on any atom is -0.338 e. The third kappa shape index (κ3) is 2.25. The lowest BCUT2D eigenvalue weighted by Crippen LogP contribution is -2.15. The van der Waals surface area contributed by atoms with Gasteiger partial charge in [0.25, 0.3) is 0 Å². The summed E-state index contributed by atoms with van der Waals surface area (Å²) in [6.45, 7) is 0.509. The van der Waals surface area contributed by atoms with E-state index in [0.717, 1.165) is 27.9 Å². The van der Waals surface area contributed by atoms with Crippen molar-refractivity contribution in [1.29, 1.82) is 0 Å². The number of nitrogens with one attached hydrogen (secondary N) is 1. The summed E-state index contributed by atoms with van der Waals surface area (Å²) in [5.41, 5.74) is 2.74. The summed E-state index contributed by atoms with van der Waals surface area (Å²) in [5.74, 6) is 5.98. The molecule has 1 aromatic carbocycles. The van der Waals surface area contributed by atoms with Crippen molar-refractivity contribution in [3.05, 3.63) is 36.0 Å². The van der Waals surface area contributed by atoms with Crippen molar-refractivity contribution >= 4 is 29.0 Å². The van der Waals surface area contributed by atoms with Crippen LogP contribution in [0.2, 0.25) is 0 Å². The first kappa shape index (κ1) is 12.7. The van der Waals surface area contributed by atoms with Crippen molar-refractivity contribution in [2.24, 2.45) is 16.3 Å². The van der Waals surface area contributed by atoms with Crippen LogP contribution in [0.1, 0.15) is 5.56 Å². The van der Waals surface area contributed by atoms with Crippen LogP contribution in [0.5, 0.6) is 0 Å². The fourth-order valence-electron chi connectivity index (χ4n) is 2.03. The maximum Gasteiger partial charge on any atom is 0.189 e. The fourth-order valence-corrected chi connectivity index (χ4v) is 2.37. The zero-order valence-corrected chi connectivity index (χ0v) is 11.6. The number of hydrogen-bond donors (Lipinski definition) is 2. The van der Waals surface area contributed by atoms with Crippen molar-refractivity contribution < 1.29 is 0 Å². The molecule has 0 fully saturated rings. The number of aromatic nitrogens is 2. The Morgan fingerprint density at radius 2 is 2.25 bits per heavy atom. The molecule has 3 N–H and O–H groups in total. The maximum atomic E-state index is 5.19. The second-order valence-electron chi connectivity index (χ2n) is 4.14. The zero-order valence-electron chi connectivity index (χ0n) is 10.8. The van der Waals surface area contributed by atoms with Gasteiger partial charge in [-0.2, -0.15) is 0 Å². The minimum atomic E-state index is 0.509. The van der Waals surface area contributed by atoms with Crippen LogP contribution >= 0.6 is 11.8 Å². The number of thioether (sulfide) groups is 1. The highest BCUT2D eigenvalue weighted by Crippen LogP contribution is 2.35. The number of nitrogens with two attached hydrogens (primary N) is 1. The second kappa shape index (κ2) is 5.33. The molecule has 0 radical (unpaired) electrons. The third-order valence-corrected chi connectivity index (χ3v) is 3.50. The first-order valence-corrected chi connectivity index (χ1v) is 7.18. The minimum absolute atomic E-state index is 0.509. The molecule has 2 aromatic rings. The molecular weight excluding hydrogens is 274 g/mol. The number of nitrogens with zero attached hydrogens (tertiary/aromatic N) is 5. The molecule has 7 nitrogen and oxygen atoms in total. The van der Waals surface area contributed by atoms with Gasteiger partial charge in [-0.05, 0) is 23.6 Å². The number of para-hydroxylation sites is 2. The molecule has 102 valence electrons. The number of benzene rings is 1. The van der Waals surface area contributed by atoms with Crippen LogP contribution in [-0.4, -0.2) is 16.2 Å². The summed E-state index contributed by atoms with van der Waals surface area (Å²) in [4.78, 5) is 8.79. The van der Waals surface area contributed by atoms with Gasteiger partial charge >= 0.3 is 0 Å². The first-order valence-electron chi connectivity index (χ1n) is 5.96. The molecule has 1 aliphatic rings. The van der Waals surface area contributed by atoms with E-state index < -0.39 is 0 Å². The van der Waals surface area contributed by atoms with Crippen LogP contribution in [0.3, 0.4) is 0 Å². The van der Waals surface area contributed by atoms with Crippen LogP contribution in [0.4, 0.5) is 17.2 Å². The first-order chi connectivity index (χ1) is 9.81. The Balaban J connectivity index is 2.11. The molecule has 20 heavy (non-hydrogen) atoms. The quantitative estimate of drug-likeness (QED) is 0.290. The summed E-state index contributed by atoms with van der Waals surface area (Å²) in [7, 11) is 0. The summed E-state index contributed by atoms with van der Waals surface area (Å²) >= 11 is 1.50. The van der Waals surface area contributed by atoms with Gasteiger partial charge in [0.15, 0.2) is 5.16 Å². The molecule has 8 heteroatoms. The molecule has 0 saturated carbocycles. The van der Waals surface area contributed by atoms with E-state index >= 15 is 0 Å². The highest BCUT2D eigenvalue weighted by atomic mass is 32.2. The van der Waals surface area contributed by atoms with E-state index in [-0.39, 0.29) is 0 Å². The van der Waals surface area contributed by atoms with Crippen LogP contribution in [-0.2, 0) is 6.54 Å². The molecule has 2 heterocycles. The molecule has 0 saturated heterocycles.